The molecule has 0 saturated carbocycles. The first kappa shape index (κ1) is 15.9. The molecule has 2 atom stereocenters. The van der Waals surface area contributed by atoms with Crippen LogP contribution in [0.25, 0.3) is 0 Å². The normalized spacial score (nSPS) is 26.4. The Hall–Kier alpha value is -0.170. The van der Waals surface area contributed by atoms with Crippen molar-refractivity contribution in [2.45, 2.75) is 45.3 Å². The van der Waals surface area contributed by atoms with E-state index < -0.39 is 10.0 Å². The maximum Gasteiger partial charge on any atom is 0.214 e. The Kier molecular flexibility index (Phi) is 6.55. The molecule has 1 fully saturated rings. The van der Waals surface area contributed by atoms with Gasteiger partial charge in [-0.25, -0.2) is 8.42 Å². The number of sulfonamides is 1. The predicted molar refractivity (Wildman–Crippen MR) is 73.1 cm³/mol. The van der Waals surface area contributed by atoms with Gasteiger partial charge in [-0.3, -0.25) is 0 Å². The summed E-state index contributed by atoms with van der Waals surface area (Å²) in [6.45, 7) is 5.81. The van der Waals surface area contributed by atoms with Crippen LogP contribution in [0.3, 0.4) is 0 Å². The maximum atomic E-state index is 12.3. The predicted octanol–water partition coefficient (Wildman–Crippen LogP) is 0.815. The van der Waals surface area contributed by atoms with Crippen LogP contribution in [0.15, 0.2) is 0 Å². The highest BCUT2D eigenvalue weighted by molar-refractivity contribution is 7.89. The van der Waals surface area contributed by atoms with E-state index in [0.29, 0.717) is 19.6 Å². The number of hydrogen-bond donors (Lipinski definition) is 1. The number of rotatable bonds is 7. The molecule has 18 heavy (non-hydrogen) atoms. The molecule has 0 bridgehead atoms. The summed E-state index contributed by atoms with van der Waals surface area (Å²) in [6.07, 6.45) is 2.42. The number of ether oxygens (including phenoxy) is 1. The molecule has 2 unspecified atom stereocenters. The summed E-state index contributed by atoms with van der Waals surface area (Å²) in [5.41, 5.74) is 0. The quantitative estimate of drug-likeness (QED) is 0.700. The van der Waals surface area contributed by atoms with Gasteiger partial charge in [0.2, 0.25) is 10.0 Å². The second-order valence-corrected chi connectivity index (χ2v) is 6.94. The van der Waals surface area contributed by atoms with Crippen molar-refractivity contribution in [3.8, 4) is 0 Å². The van der Waals surface area contributed by atoms with Crippen molar-refractivity contribution in [1.29, 1.82) is 0 Å². The average molecular weight is 278 g/mol. The van der Waals surface area contributed by atoms with E-state index in [-0.39, 0.29) is 17.9 Å². The minimum absolute atomic E-state index is 0.000108. The summed E-state index contributed by atoms with van der Waals surface area (Å²) in [5, 5.41) is 3.03. The molecule has 0 spiro atoms. The van der Waals surface area contributed by atoms with Crippen LogP contribution < -0.4 is 5.32 Å². The van der Waals surface area contributed by atoms with Crippen molar-refractivity contribution < 1.29 is 13.2 Å². The summed E-state index contributed by atoms with van der Waals surface area (Å²) in [6, 6.07) is 0.00972. The number of hydrogen-bond acceptors (Lipinski definition) is 4. The molecule has 1 saturated heterocycles. The Morgan fingerprint density at radius 1 is 1.39 bits per heavy atom. The summed E-state index contributed by atoms with van der Waals surface area (Å²) >= 11 is 0. The van der Waals surface area contributed by atoms with E-state index >= 15 is 0 Å². The Bertz CT molecular complexity index is 332. The van der Waals surface area contributed by atoms with E-state index in [1.165, 1.54) is 0 Å². The lowest BCUT2D eigenvalue weighted by atomic mass is 10.2. The third kappa shape index (κ3) is 4.50. The number of unbranched alkanes of at least 4 members (excludes halogenated alkanes) is 1. The van der Waals surface area contributed by atoms with Crippen molar-refractivity contribution in [1.82, 2.24) is 9.62 Å². The Balaban J connectivity index is 2.57. The van der Waals surface area contributed by atoms with E-state index in [2.05, 4.69) is 5.32 Å². The first-order chi connectivity index (χ1) is 8.51. The van der Waals surface area contributed by atoms with E-state index in [9.17, 15) is 8.42 Å². The van der Waals surface area contributed by atoms with E-state index in [0.717, 1.165) is 19.4 Å². The molecule has 5 nitrogen and oxygen atoms in total. The van der Waals surface area contributed by atoms with Crippen LogP contribution in [0.1, 0.15) is 33.1 Å². The summed E-state index contributed by atoms with van der Waals surface area (Å²) < 4.78 is 31.8. The Labute approximate surface area is 111 Å². The van der Waals surface area contributed by atoms with Gasteiger partial charge < -0.3 is 10.1 Å². The van der Waals surface area contributed by atoms with Crippen LogP contribution in [0.4, 0.5) is 0 Å². The number of nitrogens with zero attached hydrogens (tertiary/aromatic N) is 1. The van der Waals surface area contributed by atoms with E-state index in [4.69, 9.17) is 4.74 Å². The molecule has 1 N–H and O–H groups in total. The molecule has 1 rings (SSSR count). The van der Waals surface area contributed by atoms with E-state index in [1.807, 2.05) is 20.9 Å². The molecule has 0 aliphatic carbocycles. The minimum atomic E-state index is -3.13. The Morgan fingerprint density at radius 3 is 2.72 bits per heavy atom. The highest BCUT2D eigenvalue weighted by Crippen LogP contribution is 2.19. The minimum Gasteiger partial charge on any atom is -0.375 e. The second-order valence-electron chi connectivity index (χ2n) is 4.90. The zero-order valence-electron chi connectivity index (χ0n) is 11.7. The third-order valence-electron chi connectivity index (χ3n) is 3.33. The van der Waals surface area contributed by atoms with Gasteiger partial charge in [-0.05, 0) is 39.8 Å². The highest BCUT2D eigenvalue weighted by Gasteiger charge is 2.33. The molecule has 0 radical (unpaired) electrons. The van der Waals surface area contributed by atoms with Gasteiger partial charge in [0.25, 0.3) is 0 Å². The van der Waals surface area contributed by atoms with Crippen LogP contribution in [0, 0.1) is 0 Å². The molecule has 0 aromatic heterocycles. The SMILES string of the molecule is CCC1COC(C)CN1S(=O)(=O)CCCCNC. The first-order valence-corrected chi connectivity index (χ1v) is 8.38. The van der Waals surface area contributed by atoms with Crippen molar-refractivity contribution in [3.63, 3.8) is 0 Å². The molecule has 6 heteroatoms. The molecular weight excluding hydrogens is 252 g/mol. The van der Waals surface area contributed by atoms with Crippen molar-refractivity contribution >= 4 is 10.0 Å². The fourth-order valence-corrected chi connectivity index (χ4v) is 4.08. The summed E-state index contributed by atoms with van der Waals surface area (Å²) in [7, 11) is -1.25. The standard InChI is InChI=1S/C12H26N2O3S/c1-4-12-10-17-11(2)9-14(12)18(15,16)8-6-5-7-13-3/h11-13H,4-10H2,1-3H3. The largest absolute Gasteiger partial charge is 0.375 e. The zero-order valence-corrected chi connectivity index (χ0v) is 12.5. The molecular formula is C12H26N2O3S. The topological polar surface area (TPSA) is 58.6 Å². The van der Waals surface area contributed by atoms with Gasteiger partial charge >= 0.3 is 0 Å². The number of morpholine rings is 1. The van der Waals surface area contributed by atoms with Crippen molar-refractivity contribution in [2.75, 3.05) is 32.5 Å². The molecule has 1 aliphatic heterocycles. The second kappa shape index (κ2) is 7.43. The fourth-order valence-electron chi connectivity index (χ4n) is 2.18. The van der Waals surface area contributed by atoms with Gasteiger partial charge in [-0.2, -0.15) is 4.31 Å². The maximum absolute atomic E-state index is 12.3. The van der Waals surface area contributed by atoms with Crippen molar-refractivity contribution in [3.05, 3.63) is 0 Å². The van der Waals surface area contributed by atoms with Crippen molar-refractivity contribution in [2.24, 2.45) is 0 Å². The molecule has 108 valence electrons. The molecule has 0 amide bonds. The average Bonchev–Trinajstić information content (AvgIpc) is 2.35. The summed E-state index contributed by atoms with van der Waals surface area (Å²) in [4.78, 5) is 0. The molecule has 0 aromatic rings. The molecule has 1 heterocycles. The van der Waals surface area contributed by atoms with E-state index in [1.54, 1.807) is 4.31 Å². The van der Waals surface area contributed by atoms with Gasteiger partial charge in [0.1, 0.15) is 0 Å². The molecule has 1 aliphatic rings. The van der Waals surface area contributed by atoms with Gasteiger partial charge in [0, 0.05) is 12.6 Å². The van der Waals surface area contributed by atoms with Gasteiger partial charge in [0.05, 0.1) is 18.5 Å². The highest BCUT2D eigenvalue weighted by atomic mass is 32.2. The lowest BCUT2D eigenvalue weighted by molar-refractivity contribution is -0.0230. The van der Waals surface area contributed by atoms with Crippen LogP contribution in [0.2, 0.25) is 0 Å². The van der Waals surface area contributed by atoms with Crippen LogP contribution in [-0.2, 0) is 14.8 Å². The molecule has 0 aromatic carbocycles. The first-order valence-electron chi connectivity index (χ1n) is 6.77. The lowest BCUT2D eigenvalue weighted by Gasteiger charge is -2.37. The van der Waals surface area contributed by atoms with Gasteiger partial charge in [-0.15, -0.1) is 0 Å². The van der Waals surface area contributed by atoms with Crippen LogP contribution >= 0.6 is 0 Å². The monoisotopic (exact) mass is 278 g/mol. The fraction of sp³-hybridized carbons (Fsp3) is 1.00. The lowest BCUT2D eigenvalue weighted by Crippen LogP contribution is -2.51. The van der Waals surface area contributed by atoms with Gasteiger partial charge in [0.15, 0.2) is 0 Å². The summed E-state index contributed by atoms with van der Waals surface area (Å²) in [5.74, 6) is 0.248. The number of nitrogens with one attached hydrogen (secondary N) is 1. The smallest absolute Gasteiger partial charge is 0.214 e. The van der Waals surface area contributed by atoms with Gasteiger partial charge in [-0.1, -0.05) is 6.92 Å². The Morgan fingerprint density at radius 2 is 2.11 bits per heavy atom. The van der Waals surface area contributed by atoms with Crippen LogP contribution in [-0.4, -0.2) is 57.4 Å². The zero-order chi connectivity index (χ0) is 13.6. The van der Waals surface area contributed by atoms with Crippen LogP contribution in [0.5, 0.6) is 0 Å². The third-order valence-corrected chi connectivity index (χ3v) is 5.29.